The molecule has 0 atom stereocenters. The molecule has 0 amide bonds. The van der Waals surface area contributed by atoms with E-state index in [1.54, 1.807) is 6.21 Å². The number of H-pyrrole nitrogens is 1. The molecule has 0 aliphatic heterocycles. The predicted octanol–water partition coefficient (Wildman–Crippen LogP) is 4.75. The highest BCUT2D eigenvalue weighted by atomic mass is 79.9. The summed E-state index contributed by atoms with van der Waals surface area (Å²) < 4.78 is 3.37. The van der Waals surface area contributed by atoms with Gasteiger partial charge in [0.15, 0.2) is 0 Å². The van der Waals surface area contributed by atoms with E-state index in [0.29, 0.717) is 5.56 Å². The molecule has 23 heavy (non-hydrogen) atoms. The minimum Gasteiger partial charge on any atom is -0.295 e. The highest BCUT2D eigenvalue weighted by Crippen LogP contribution is 2.24. The first-order chi connectivity index (χ1) is 11.1. The monoisotopic (exact) mass is 433 g/mol. The summed E-state index contributed by atoms with van der Waals surface area (Å²) in [5.74, 6) is 0. The van der Waals surface area contributed by atoms with E-state index in [4.69, 9.17) is 0 Å². The van der Waals surface area contributed by atoms with Crippen molar-refractivity contribution in [2.75, 3.05) is 0 Å². The Bertz CT molecular complexity index is 924. The van der Waals surface area contributed by atoms with Crippen LogP contribution >= 0.6 is 31.9 Å². The number of nitrogens with zero attached hydrogens (tertiary/aromatic N) is 2. The van der Waals surface area contributed by atoms with Gasteiger partial charge >= 0.3 is 0 Å². The smallest absolute Gasteiger partial charge is 0.280 e. The van der Waals surface area contributed by atoms with Crippen LogP contribution in [0.25, 0.3) is 5.69 Å². The molecule has 0 bridgehead atoms. The Morgan fingerprint density at radius 3 is 2.48 bits per heavy atom. The second-order valence-corrected chi connectivity index (χ2v) is 6.75. The summed E-state index contributed by atoms with van der Waals surface area (Å²) >= 11 is 6.84. The fraction of sp³-hybridized carbons (Fsp3) is 0.0588. The van der Waals surface area contributed by atoms with E-state index >= 15 is 0 Å². The number of nitrogens with one attached hydrogen (secondary N) is 1. The average molecular weight is 435 g/mol. The third-order valence-corrected chi connectivity index (χ3v) is 4.59. The Hall–Kier alpha value is -1.92. The molecule has 2 aromatic carbocycles. The van der Waals surface area contributed by atoms with Crippen LogP contribution in [0, 0.1) is 6.92 Å². The lowest BCUT2D eigenvalue weighted by Gasteiger charge is -2.00. The van der Waals surface area contributed by atoms with Gasteiger partial charge in [0.2, 0.25) is 0 Å². The largest absolute Gasteiger partial charge is 0.295 e. The topological polar surface area (TPSA) is 50.1 Å². The van der Waals surface area contributed by atoms with Gasteiger partial charge in [-0.3, -0.25) is 14.9 Å². The Morgan fingerprint density at radius 2 is 1.78 bits per heavy atom. The number of halogens is 2. The third kappa shape index (κ3) is 3.38. The maximum absolute atomic E-state index is 12.6. The van der Waals surface area contributed by atoms with E-state index in [-0.39, 0.29) is 5.56 Å². The molecule has 6 heteroatoms. The lowest BCUT2D eigenvalue weighted by Crippen LogP contribution is -2.17. The molecule has 0 saturated heterocycles. The molecule has 0 fully saturated rings. The molecule has 0 radical (unpaired) electrons. The van der Waals surface area contributed by atoms with Crippen molar-refractivity contribution in [3.05, 3.63) is 79.1 Å². The molecule has 3 rings (SSSR count). The molecule has 4 nitrogen and oxygen atoms in total. The number of aromatic amines is 1. The number of para-hydroxylation sites is 1. The standard InChI is InChI=1S/C17H13Br2N3O/c1-11-14(10-20-16-5-3-2-4-15(16)19)17(23)22(21-11)13-8-6-12(18)7-9-13/h2-10,21H,1H3. The van der Waals surface area contributed by atoms with Crippen molar-refractivity contribution in [2.24, 2.45) is 4.99 Å². The maximum Gasteiger partial charge on any atom is 0.280 e. The van der Waals surface area contributed by atoms with Crippen LogP contribution in [-0.4, -0.2) is 16.0 Å². The van der Waals surface area contributed by atoms with Gasteiger partial charge in [0.05, 0.1) is 16.9 Å². The van der Waals surface area contributed by atoms with Crippen molar-refractivity contribution in [2.45, 2.75) is 6.92 Å². The van der Waals surface area contributed by atoms with Crippen LogP contribution in [0.5, 0.6) is 0 Å². The summed E-state index contributed by atoms with van der Waals surface area (Å²) in [6, 6.07) is 15.2. The molecule has 0 aliphatic rings. The summed E-state index contributed by atoms with van der Waals surface area (Å²) in [4.78, 5) is 17.0. The molecule has 0 unspecified atom stereocenters. The van der Waals surface area contributed by atoms with Gasteiger partial charge in [-0.1, -0.05) is 28.1 Å². The van der Waals surface area contributed by atoms with Crippen LogP contribution in [0.2, 0.25) is 0 Å². The Morgan fingerprint density at radius 1 is 1.09 bits per heavy atom. The summed E-state index contributed by atoms with van der Waals surface area (Å²) in [6.45, 7) is 1.86. The Balaban J connectivity index is 2.00. The van der Waals surface area contributed by atoms with Gasteiger partial charge in [0.25, 0.3) is 5.56 Å². The zero-order valence-electron chi connectivity index (χ0n) is 12.3. The van der Waals surface area contributed by atoms with Gasteiger partial charge in [-0.05, 0) is 59.3 Å². The summed E-state index contributed by atoms with van der Waals surface area (Å²) in [5, 5.41) is 3.09. The molecule has 0 saturated carbocycles. The van der Waals surface area contributed by atoms with Gasteiger partial charge in [-0.15, -0.1) is 0 Å². The summed E-state index contributed by atoms with van der Waals surface area (Å²) in [6.07, 6.45) is 1.60. The number of aromatic nitrogens is 2. The Kier molecular flexibility index (Phi) is 4.63. The van der Waals surface area contributed by atoms with Crippen LogP contribution in [0.1, 0.15) is 11.3 Å². The molecule has 1 aromatic heterocycles. The fourth-order valence-corrected chi connectivity index (χ4v) is 2.83. The highest BCUT2D eigenvalue weighted by Gasteiger charge is 2.10. The first kappa shape index (κ1) is 16.0. The SMILES string of the molecule is Cc1[nH]n(-c2ccc(Br)cc2)c(=O)c1C=Nc1ccccc1Br. The van der Waals surface area contributed by atoms with E-state index in [1.807, 2.05) is 55.5 Å². The predicted molar refractivity (Wildman–Crippen MR) is 100 cm³/mol. The van der Waals surface area contributed by atoms with Crippen LogP contribution in [0.3, 0.4) is 0 Å². The molecule has 1 heterocycles. The van der Waals surface area contributed by atoms with Crippen LogP contribution in [0.15, 0.2) is 67.3 Å². The Labute approximate surface area is 150 Å². The minimum absolute atomic E-state index is 0.124. The van der Waals surface area contributed by atoms with E-state index in [9.17, 15) is 4.79 Å². The van der Waals surface area contributed by atoms with E-state index in [1.165, 1.54) is 4.68 Å². The van der Waals surface area contributed by atoms with E-state index < -0.39 is 0 Å². The van der Waals surface area contributed by atoms with Crippen LogP contribution in [-0.2, 0) is 0 Å². The van der Waals surface area contributed by atoms with Crippen molar-refractivity contribution in [1.29, 1.82) is 0 Å². The first-order valence-electron chi connectivity index (χ1n) is 6.92. The van der Waals surface area contributed by atoms with E-state index in [2.05, 4.69) is 42.0 Å². The quantitative estimate of drug-likeness (QED) is 0.594. The lowest BCUT2D eigenvalue weighted by atomic mass is 10.2. The van der Waals surface area contributed by atoms with E-state index in [0.717, 1.165) is 26.0 Å². The third-order valence-electron chi connectivity index (χ3n) is 3.39. The second kappa shape index (κ2) is 6.68. The van der Waals surface area contributed by atoms with Crippen LogP contribution < -0.4 is 5.56 Å². The summed E-state index contributed by atoms with van der Waals surface area (Å²) in [7, 11) is 0. The molecular weight excluding hydrogens is 422 g/mol. The van der Waals surface area contributed by atoms with Crippen molar-refractivity contribution >= 4 is 43.8 Å². The number of benzene rings is 2. The number of hydrogen-bond acceptors (Lipinski definition) is 2. The minimum atomic E-state index is -0.124. The number of aryl methyl sites for hydroxylation is 1. The molecule has 0 spiro atoms. The molecular formula is C17H13Br2N3O. The molecule has 3 aromatic rings. The molecule has 0 aliphatic carbocycles. The number of aliphatic imine (C=N–C) groups is 1. The zero-order valence-corrected chi connectivity index (χ0v) is 15.4. The highest BCUT2D eigenvalue weighted by molar-refractivity contribution is 9.10. The van der Waals surface area contributed by atoms with Gasteiger partial charge in [-0.2, -0.15) is 0 Å². The molecule has 1 N–H and O–H groups in total. The first-order valence-corrected chi connectivity index (χ1v) is 8.51. The van der Waals surface area contributed by atoms with Gasteiger partial charge in [0, 0.05) is 20.9 Å². The van der Waals surface area contributed by atoms with Gasteiger partial charge < -0.3 is 0 Å². The maximum atomic E-state index is 12.6. The van der Waals surface area contributed by atoms with Crippen molar-refractivity contribution in [3.63, 3.8) is 0 Å². The van der Waals surface area contributed by atoms with Crippen LogP contribution in [0.4, 0.5) is 5.69 Å². The lowest BCUT2D eigenvalue weighted by molar-refractivity contribution is 0.835. The zero-order chi connectivity index (χ0) is 16.4. The average Bonchev–Trinajstić information content (AvgIpc) is 2.82. The molecule has 116 valence electrons. The number of hydrogen-bond donors (Lipinski definition) is 1. The van der Waals surface area contributed by atoms with Crippen molar-refractivity contribution < 1.29 is 0 Å². The van der Waals surface area contributed by atoms with Gasteiger partial charge in [-0.25, -0.2) is 4.68 Å². The van der Waals surface area contributed by atoms with Crippen molar-refractivity contribution in [3.8, 4) is 5.69 Å². The number of rotatable bonds is 3. The second-order valence-electron chi connectivity index (χ2n) is 4.98. The van der Waals surface area contributed by atoms with Crippen molar-refractivity contribution in [1.82, 2.24) is 9.78 Å². The fourth-order valence-electron chi connectivity index (χ4n) is 2.17. The summed E-state index contributed by atoms with van der Waals surface area (Å²) in [5.41, 5.74) is 2.75. The van der Waals surface area contributed by atoms with Gasteiger partial charge in [0.1, 0.15) is 0 Å². The normalized spacial score (nSPS) is 11.3.